The van der Waals surface area contributed by atoms with Gasteiger partial charge in [0, 0.05) is 0 Å². The zero-order valence-electron chi connectivity index (χ0n) is 19.8. The van der Waals surface area contributed by atoms with Crippen LogP contribution >= 0.6 is 0 Å². The molecular weight excluding hydrogens is 418 g/mol. The van der Waals surface area contributed by atoms with Crippen LogP contribution in [0.1, 0.15) is 60.8 Å². The molecule has 0 fully saturated rings. The average molecular weight is 458 g/mol. The van der Waals surface area contributed by atoms with Gasteiger partial charge in [0.2, 0.25) is 23.6 Å². The molecule has 0 aromatic heterocycles. The van der Waals surface area contributed by atoms with Crippen molar-refractivity contribution in [3.8, 4) is 0 Å². The zero-order chi connectivity index (χ0) is 25.2. The van der Waals surface area contributed by atoms with Crippen LogP contribution in [-0.4, -0.2) is 58.9 Å². The molecule has 8 N–H and O–H groups in total. The second kappa shape index (κ2) is 13.7. The van der Waals surface area contributed by atoms with Gasteiger partial charge in [-0.2, -0.15) is 0 Å². The molecule has 0 saturated carbocycles. The Hall–Kier alpha value is -2.69. The number of amides is 4. The summed E-state index contributed by atoms with van der Waals surface area (Å²) in [5, 5.41) is 16.6. The van der Waals surface area contributed by atoms with Crippen molar-refractivity contribution in [2.75, 3.05) is 0 Å². The first-order valence-corrected chi connectivity index (χ1v) is 10.8. The number of carboxylic acid groups (broad SMARTS) is 1. The first-order chi connectivity index (χ1) is 14.6. The minimum atomic E-state index is -1.39. The Morgan fingerprint density at radius 3 is 1.62 bits per heavy atom. The Balaban J connectivity index is 5.51. The number of nitrogens with two attached hydrogens (primary N) is 2. The van der Waals surface area contributed by atoms with E-state index in [1.165, 1.54) is 0 Å². The van der Waals surface area contributed by atoms with Gasteiger partial charge in [0.1, 0.15) is 18.1 Å². The van der Waals surface area contributed by atoms with Crippen molar-refractivity contribution >= 4 is 29.6 Å². The lowest BCUT2D eigenvalue weighted by Crippen LogP contribution is -2.58. The Labute approximate surface area is 189 Å². The normalized spacial score (nSPS) is 15.1. The molecule has 0 aliphatic heterocycles. The molecule has 184 valence electrons. The summed E-state index contributed by atoms with van der Waals surface area (Å²) < 4.78 is 0. The molecule has 0 aromatic carbocycles. The fourth-order valence-corrected chi connectivity index (χ4v) is 3.05. The molecule has 32 heavy (non-hydrogen) atoms. The Bertz CT molecular complexity index is 680. The van der Waals surface area contributed by atoms with Crippen molar-refractivity contribution < 1.29 is 29.1 Å². The summed E-state index contributed by atoms with van der Waals surface area (Å²) in [5.41, 5.74) is 11.1. The first-order valence-electron chi connectivity index (χ1n) is 10.8. The molecule has 0 bridgehead atoms. The van der Waals surface area contributed by atoms with Crippen molar-refractivity contribution in [3.05, 3.63) is 0 Å². The molecule has 0 aromatic rings. The van der Waals surface area contributed by atoms with E-state index in [2.05, 4.69) is 16.0 Å². The highest BCUT2D eigenvalue weighted by atomic mass is 16.4. The predicted octanol–water partition coefficient (Wildman–Crippen LogP) is -0.524. The molecule has 0 heterocycles. The first kappa shape index (κ1) is 29.3. The van der Waals surface area contributed by atoms with Gasteiger partial charge in [-0.1, -0.05) is 41.5 Å². The van der Waals surface area contributed by atoms with Gasteiger partial charge in [-0.15, -0.1) is 0 Å². The summed E-state index contributed by atoms with van der Waals surface area (Å²) >= 11 is 0. The van der Waals surface area contributed by atoms with Gasteiger partial charge in [-0.05, 0) is 30.6 Å². The Morgan fingerprint density at radius 2 is 1.22 bits per heavy atom. The number of aliphatic carboxylic acids is 1. The third kappa shape index (κ3) is 11.1. The lowest BCUT2D eigenvalue weighted by atomic mass is 10.00. The summed E-state index contributed by atoms with van der Waals surface area (Å²) in [6, 6.07) is -4.40. The number of carbonyl (C=O) groups is 5. The van der Waals surface area contributed by atoms with Crippen LogP contribution in [0.4, 0.5) is 0 Å². The van der Waals surface area contributed by atoms with Gasteiger partial charge in [0.15, 0.2) is 0 Å². The standard InChI is InChI=1S/C21H39N5O6/c1-10(2)7-13(22)18(28)24-14(8-11(3)4)19(29)25-15(9-16(23)27)20(30)26-17(12(5)6)21(31)32/h10-15,17H,7-9,22H2,1-6H3,(H2,23,27)(H,24,28)(H,25,29)(H,26,30)(H,31,32). The van der Waals surface area contributed by atoms with E-state index < -0.39 is 66.1 Å². The van der Waals surface area contributed by atoms with E-state index >= 15 is 0 Å². The molecule has 0 saturated heterocycles. The minimum Gasteiger partial charge on any atom is -0.480 e. The summed E-state index contributed by atoms with van der Waals surface area (Å²) in [7, 11) is 0. The predicted molar refractivity (Wildman–Crippen MR) is 119 cm³/mol. The SMILES string of the molecule is CC(C)CC(N)C(=O)NC(CC(C)C)C(=O)NC(CC(N)=O)C(=O)NC(C(=O)O)C(C)C. The summed E-state index contributed by atoms with van der Waals surface area (Å²) in [6.07, 6.45) is 0.165. The van der Waals surface area contributed by atoms with Crippen LogP contribution in [0.3, 0.4) is 0 Å². The highest BCUT2D eigenvalue weighted by molar-refractivity contribution is 5.96. The minimum absolute atomic E-state index is 0.0214. The number of carbonyl (C=O) groups excluding carboxylic acids is 4. The largest absolute Gasteiger partial charge is 0.480 e. The molecule has 0 aliphatic rings. The van der Waals surface area contributed by atoms with E-state index in [0.29, 0.717) is 6.42 Å². The third-order valence-electron chi connectivity index (χ3n) is 4.67. The van der Waals surface area contributed by atoms with E-state index in [4.69, 9.17) is 11.5 Å². The number of primary amides is 1. The number of nitrogens with one attached hydrogen (secondary N) is 3. The van der Waals surface area contributed by atoms with E-state index in [1.54, 1.807) is 13.8 Å². The number of hydrogen-bond donors (Lipinski definition) is 6. The molecule has 0 rings (SSSR count). The second-order valence-corrected chi connectivity index (χ2v) is 9.23. The Morgan fingerprint density at radius 1 is 0.750 bits per heavy atom. The third-order valence-corrected chi connectivity index (χ3v) is 4.67. The van der Waals surface area contributed by atoms with Crippen molar-refractivity contribution in [1.29, 1.82) is 0 Å². The molecule has 0 radical (unpaired) electrons. The van der Waals surface area contributed by atoms with E-state index in [0.717, 1.165) is 0 Å². The molecule has 4 atom stereocenters. The van der Waals surface area contributed by atoms with Crippen molar-refractivity contribution in [1.82, 2.24) is 16.0 Å². The molecule has 0 spiro atoms. The maximum Gasteiger partial charge on any atom is 0.326 e. The van der Waals surface area contributed by atoms with Crippen LogP contribution in [0.25, 0.3) is 0 Å². The molecular formula is C21H39N5O6. The second-order valence-electron chi connectivity index (χ2n) is 9.23. The topological polar surface area (TPSA) is 194 Å². The fourth-order valence-electron chi connectivity index (χ4n) is 3.05. The lowest BCUT2D eigenvalue weighted by molar-refractivity contribution is -0.143. The van der Waals surface area contributed by atoms with Crippen molar-refractivity contribution in [2.45, 2.75) is 85.0 Å². The maximum absolute atomic E-state index is 12.9. The highest BCUT2D eigenvalue weighted by Crippen LogP contribution is 2.09. The van der Waals surface area contributed by atoms with Crippen LogP contribution in [0, 0.1) is 17.8 Å². The molecule has 0 aliphatic carbocycles. The number of rotatable bonds is 14. The van der Waals surface area contributed by atoms with Gasteiger partial charge in [-0.3, -0.25) is 19.2 Å². The van der Waals surface area contributed by atoms with Gasteiger partial charge in [0.05, 0.1) is 12.5 Å². The number of carboxylic acids is 1. The highest BCUT2D eigenvalue weighted by Gasteiger charge is 2.32. The molecule has 11 nitrogen and oxygen atoms in total. The summed E-state index contributed by atoms with van der Waals surface area (Å²) in [6.45, 7) is 10.8. The van der Waals surface area contributed by atoms with Gasteiger partial charge in [-0.25, -0.2) is 4.79 Å². The van der Waals surface area contributed by atoms with E-state index in [-0.39, 0.29) is 18.3 Å². The summed E-state index contributed by atoms with van der Waals surface area (Å²) in [4.78, 5) is 60.8. The quantitative estimate of drug-likeness (QED) is 0.202. The lowest BCUT2D eigenvalue weighted by Gasteiger charge is -2.26. The van der Waals surface area contributed by atoms with Gasteiger partial charge < -0.3 is 32.5 Å². The van der Waals surface area contributed by atoms with Crippen LogP contribution in [0.2, 0.25) is 0 Å². The monoisotopic (exact) mass is 457 g/mol. The number of hydrogen-bond acceptors (Lipinski definition) is 6. The van der Waals surface area contributed by atoms with E-state index in [1.807, 2.05) is 27.7 Å². The molecule has 11 heteroatoms. The maximum atomic E-state index is 12.9. The average Bonchev–Trinajstić information content (AvgIpc) is 2.62. The van der Waals surface area contributed by atoms with Crippen molar-refractivity contribution in [2.24, 2.45) is 29.2 Å². The summed E-state index contributed by atoms with van der Waals surface area (Å²) in [5.74, 6) is -4.39. The Kier molecular flexibility index (Phi) is 12.5. The van der Waals surface area contributed by atoms with Crippen LogP contribution in [0.15, 0.2) is 0 Å². The smallest absolute Gasteiger partial charge is 0.326 e. The van der Waals surface area contributed by atoms with Crippen LogP contribution in [-0.2, 0) is 24.0 Å². The van der Waals surface area contributed by atoms with Crippen molar-refractivity contribution in [3.63, 3.8) is 0 Å². The fraction of sp³-hybridized carbons (Fsp3) is 0.762. The van der Waals surface area contributed by atoms with Crippen LogP contribution in [0.5, 0.6) is 0 Å². The van der Waals surface area contributed by atoms with E-state index in [9.17, 15) is 29.1 Å². The van der Waals surface area contributed by atoms with Gasteiger partial charge >= 0.3 is 5.97 Å². The zero-order valence-corrected chi connectivity index (χ0v) is 19.8. The molecule has 4 amide bonds. The van der Waals surface area contributed by atoms with Gasteiger partial charge in [0.25, 0.3) is 0 Å². The van der Waals surface area contributed by atoms with Crippen LogP contribution < -0.4 is 27.4 Å². The molecule has 4 unspecified atom stereocenters.